The van der Waals surface area contributed by atoms with Crippen LogP contribution in [0.3, 0.4) is 0 Å². The fourth-order valence-electron chi connectivity index (χ4n) is 3.29. The van der Waals surface area contributed by atoms with E-state index in [-0.39, 0.29) is 12.0 Å². The van der Waals surface area contributed by atoms with Gasteiger partial charge in [-0.15, -0.1) is 0 Å². The zero-order valence-corrected chi connectivity index (χ0v) is 13.1. The number of nitrogens with one attached hydrogen (secondary N) is 1. The molecule has 4 heteroatoms. The molecule has 0 spiro atoms. The molecule has 1 aromatic rings. The third-order valence-corrected chi connectivity index (χ3v) is 4.55. The highest BCUT2D eigenvalue weighted by molar-refractivity contribution is 5.90. The minimum atomic E-state index is 0.125. The van der Waals surface area contributed by atoms with Crippen molar-refractivity contribution in [1.29, 1.82) is 0 Å². The zero-order chi connectivity index (χ0) is 15.2. The number of rotatable bonds is 6. The van der Waals surface area contributed by atoms with Crippen molar-refractivity contribution in [3.05, 3.63) is 24.3 Å². The molecule has 4 nitrogen and oxygen atoms in total. The Morgan fingerprint density at radius 3 is 2.59 bits per heavy atom. The van der Waals surface area contributed by atoms with Crippen LogP contribution in [0.2, 0.25) is 0 Å². The monoisotopic (exact) mass is 303 g/mol. The Hall–Kier alpha value is -1.55. The molecule has 0 radical (unpaired) electrons. The highest BCUT2D eigenvalue weighted by Crippen LogP contribution is 2.28. The van der Waals surface area contributed by atoms with Crippen molar-refractivity contribution < 1.29 is 14.3 Å². The molecule has 22 heavy (non-hydrogen) atoms. The van der Waals surface area contributed by atoms with Crippen LogP contribution in [-0.2, 0) is 9.53 Å². The Bertz CT molecular complexity index is 474. The van der Waals surface area contributed by atoms with E-state index in [1.54, 1.807) is 0 Å². The van der Waals surface area contributed by atoms with Crippen molar-refractivity contribution in [2.75, 3.05) is 18.5 Å². The molecule has 1 aliphatic carbocycles. The lowest BCUT2D eigenvalue weighted by Crippen LogP contribution is -2.16. The highest BCUT2D eigenvalue weighted by Gasteiger charge is 2.18. The lowest BCUT2D eigenvalue weighted by Gasteiger charge is -2.12. The van der Waals surface area contributed by atoms with E-state index in [0.29, 0.717) is 18.9 Å². The minimum Gasteiger partial charge on any atom is -0.491 e. The summed E-state index contributed by atoms with van der Waals surface area (Å²) < 4.78 is 11.3. The molecule has 1 N–H and O–H groups in total. The normalized spacial score (nSPS) is 21.9. The second-order valence-electron chi connectivity index (χ2n) is 6.37. The fraction of sp³-hybridized carbons (Fsp3) is 0.611. The van der Waals surface area contributed by atoms with E-state index in [0.717, 1.165) is 30.9 Å². The van der Waals surface area contributed by atoms with Gasteiger partial charge in [-0.05, 0) is 55.9 Å². The summed E-state index contributed by atoms with van der Waals surface area (Å²) in [5, 5.41) is 2.97. The van der Waals surface area contributed by atoms with Gasteiger partial charge in [0.25, 0.3) is 0 Å². The molecule has 1 saturated carbocycles. The topological polar surface area (TPSA) is 47.6 Å². The van der Waals surface area contributed by atoms with Crippen LogP contribution in [0.4, 0.5) is 5.69 Å². The molecular formula is C18H25NO3. The molecule has 0 unspecified atom stereocenters. The van der Waals surface area contributed by atoms with Gasteiger partial charge in [-0.1, -0.05) is 12.8 Å². The summed E-state index contributed by atoms with van der Waals surface area (Å²) in [6.07, 6.45) is 8.02. The summed E-state index contributed by atoms with van der Waals surface area (Å²) in [6, 6.07) is 7.61. The maximum atomic E-state index is 12.0. The van der Waals surface area contributed by atoms with Gasteiger partial charge in [0.1, 0.15) is 12.4 Å². The predicted molar refractivity (Wildman–Crippen MR) is 86.1 cm³/mol. The van der Waals surface area contributed by atoms with Crippen LogP contribution in [0, 0.1) is 5.92 Å². The molecule has 1 saturated heterocycles. The van der Waals surface area contributed by atoms with Crippen LogP contribution in [0.1, 0.15) is 44.9 Å². The van der Waals surface area contributed by atoms with Gasteiger partial charge >= 0.3 is 0 Å². The van der Waals surface area contributed by atoms with Crippen molar-refractivity contribution in [3.63, 3.8) is 0 Å². The van der Waals surface area contributed by atoms with Gasteiger partial charge in [-0.3, -0.25) is 4.79 Å². The second kappa shape index (κ2) is 7.63. The molecule has 2 fully saturated rings. The van der Waals surface area contributed by atoms with Gasteiger partial charge in [-0.2, -0.15) is 0 Å². The Balaban J connectivity index is 1.43. The molecule has 2 aliphatic rings. The van der Waals surface area contributed by atoms with Crippen molar-refractivity contribution in [1.82, 2.24) is 0 Å². The van der Waals surface area contributed by atoms with Crippen molar-refractivity contribution >= 4 is 11.6 Å². The first-order valence-corrected chi connectivity index (χ1v) is 8.44. The van der Waals surface area contributed by atoms with Crippen LogP contribution in [0.25, 0.3) is 0 Å². The molecule has 1 aliphatic heterocycles. The third-order valence-electron chi connectivity index (χ3n) is 4.55. The number of carbonyl (C=O) groups excluding carboxylic acids is 1. The second-order valence-corrected chi connectivity index (χ2v) is 6.37. The van der Waals surface area contributed by atoms with E-state index in [9.17, 15) is 4.79 Å². The molecule has 1 heterocycles. The van der Waals surface area contributed by atoms with E-state index < -0.39 is 0 Å². The standard InChI is InChI=1S/C18H25NO3/c20-18(12-14-4-1-2-5-14)19-15-7-9-16(10-8-15)22-13-17-6-3-11-21-17/h7-10,14,17H,1-6,11-13H2,(H,19,20)/t17-/m0/s1. The first-order chi connectivity index (χ1) is 10.8. The van der Waals surface area contributed by atoms with E-state index in [2.05, 4.69) is 5.32 Å². The Kier molecular flexibility index (Phi) is 5.33. The summed E-state index contributed by atoms with van der Waals surface area (Å²) in [7, 11) is 0. The number of carbonyl (C=O) groups is 1. The summed E-state index contributed by atoms with van der Waals surface area (Å²) in [6.45, 7) is 1.45. The predicted octanol–water partition coefficient (Wildman–Crippen LogP) is 3.76. The Morgan fingerprint density at radius 2 is 1.91 bits per heavy atom. The summed E-state index contributed by atoms with van der Waals surface area (Å²) in [4.78, 5) is 12.0. The Morgan fingerprint density at radius 1 is 1.14 bits per heavy atom. The van der Waals surface area contributed by atoms with Gasteiger partial charge in [0.05, 0.1) is 6.10 Å². The van der Waals surface area contributed by atoms with Crippen LogP contribution < -0.4 is 10.1 Å². The lowest BCUT2D eigenvalue weighted by molar-refractivity contribution is -0.117. The molecule has 1 atom stereocenters. The van der Waals surface area contributed by atoms with Crippen LogP contribution >= 0.6 is 0 Å². The van der Waals surface area contributed by atoms with Crippen LogP contribution in [-0.4, -0.2) is 25.2 Å². The SMILES string of the molecule is O=C(CC1CCCC1)Nc1ccc(OC[C@@H]2CCCO2)cc1. The van der Waals surface area contributed by atoms with E-state index in [4.69, 9.17) is 9.47 Å². The molecule has 120 valence electrons. The van der Waals surface area contributed by atoms with Gasteiger partial charge in [0.15, 0.2) is 0 Å². The van der Waals surface area contributed by atoms with Crippen LogP contribution in [0.15, 0.2) is 24.3 Å². The number of amides is 1. The lowest BCUT2D eigenvalue weighted by atomic mass is 10.0. The van der Waals surface area contributed by atoms with Crippen molar-refractivity contribution in [2.45, 2.75) is 51.0 Å². The number of hydrogen-bond donors (Lipinski definition) is 1. The molecule has 3 rings (SSSR count). The smallest absolute Gasteiger partial charge is 0.224 e. The number of benzene rings is 1. The summed E-state index contributed by atoms with van der Waals surface area (Å²) in [5.41, 5.74) is 0.840. The average Bonchev–Trinajstić information content (AvgIpc) is 3.20. The van der Waals surface area contributed by atoms with Gasteiger partial charge in [0, 0.05) is 18.7 Å². The minimum absolute atomic E-state index is 0.125. The summed E-state index contributed by atoms with van der Waals surface area (Å²) in [5.74, 6) is 1.53. The van der Waals surface area contributed by atoms with Gasteiger partial charge < -0.3 is 14.8 Å². The maximum Gasteiger partial charge on any atom is 0.224 e. The molecule has 1 amide bonds. The number of anilines is 1. The largest absolute Gasteiger partial charge is 0.491 e. The van der Waals surface area contributed by atoms with E-state index in [1.807, 2.05) is 24.3 Å². The summed E-state index contributed by atoms with van der Waals surface area (Å²) >= 11 is 0. The quantitative estimate of drug-likeness (QED) is 0.870. The average molecular weight is 303 g/mol. The third kappa shape index (κ3) is 4.47. The first-order valence-electron chi connectivity index (χ1n) is 8.44. The zero-order valence-electron chi connectivity index (χ0n) is 13.1. The number of hydrogen-bond acceptors (Lipinski definition) is 3. The van der Waals surface area contributed by atoms with Crippen molar-refractivity contribution in [2.24, 2.45) is 5.92 Å². The van der Waals surface area contributed by atoms with E-state index >= 15 is 0 Å². The van der Waals surface area contributed by atoms with E-state index in [1.165, 1.54) is 25.7 Å². The highest BCUT2D eigenvalue weighted by atomic mass is 16.5. The molecule has 1 aromatic carbocycles. The molecule has 0 aromatic heterocycles. The molecular weight excluding hydrogens is 278 g/mol. The van der Waals surface area contributed by atoms with Gasteiger partial charge in [0.2, 0.25) is 5.91 Å². The first kappa shape index (κ1) is 15.3. The Labute approximate surface area is 132 Å². The number of ether oxygens (including phenoxy) is 2. The van der Waals surface area contributed by atoms with Crippen LogP contribution in [0.5, 0.6) is 5.75 Å². The van der Waals surface area contributed by atoms with Gasteiger partial charge in [-0.25, -0.2) is 0 Å². The fourth-order valence-corrected chi connectivity index (χ4v) is 3.29. The maximum absolute atomic E-state index is 12.0. The molecule has 0 bridgehead atoms. The van der Waals surface area contributed by atoms with Crippen molar-refractivity contribution in [3.8, 4) is 5.75 Å².